The van der Waals surface area contributed by atoms with Gasteiger partial charge in [0.2, 0.25) is 0 Å². The van der Waals surface area contributed by atoms with Gasteiger partial charge in [-0.25, -0.2) is 0 Å². The van der Waals surface area contributed by atoms with Crippen molar-refractivity contribution in [2.75, 3.05) is 0 Å². The van der Waals surface area contributed by atoms with Gasteiger partial charge < -0.3 is 0 Å². The molecule has 5 heteroatoms. The lowest BCUT2D eigenvalue weighted by atomic mass is 9.98. The quantitative estimate of drug-likeness (QED) is 0.761. The van der Waals surface area contributed by atoms with Crippen LogP contribution in [0.5, 0.6) is 0 Å². The zero-order valence-corrected chi connectivity index (χ0v) is 11.0. The number of alkyl halides is 4. The molecule has 94 valence electrons. The molecule has 0 amide bonds. The summed E-state index contributed by atoms with van der Waals surface area (Å²) in [6.45, 7) is 3.16. The molecular formula is C12H12BrF3O. The van der Waals surface area contributed by atoms with E-state index in [2.05, 4.69) is 15.9 Å². The molecule has 0 bridgehead atoms. The van der Waals surface area contributed by atoms with E-state index in [0.29, 0.717) is 17.5 Å². The molecule has 17 heavy (non-hydrogen) atoms. The third-order valence-corrected chi connectivity index (χ3v) is 3.62. The minimum atomic E-state index is -4.35. The molecule has 0 spiro atoms. The van der Waals surface area contributed by atoms with Crippen molar-refractivity contribution in [3.05, 3.63) is 34.9 Å². The first-order valence-corrected chi connectivity index (χ1v) is 6.03. The highest BCUT2D eigenvalue weighted by atomic mass is 79.9. The van der Waals surface area contributed by atoms with E-state index in [1.54, 1.807) is 6.92 Å². The van der Waals surface area contributed by atoms with Crippen LogP contribution in [-0.2, 0) is 17.4 Å². The number of ketones is 1. The summed E-state index contributed by atoms with van der Waals surface area (Å²) in [7, 11) is 0. The molecule has 0 fully saturated rings. The number of hydrogen-bond acceptors (Lipinski definition) is 1. The van der Waals surface area contributed by atoms with E-state index in [-0.39, 0.29) is 5.78 Å². The van der Waals surface area contributed by atoms with Gasteiger partial charge >= 0.3 is 6.18 Å². The molecule has 0 aromatic heterocycles. The second-order valence-electron chi connectivity index (χ2n) is 3.74. The molecule has 1 atom stereocenters. The molecule has 0 aliphatic heterocycles. The molecule has 1 unspecified atom stereocenters. The highest BCUT2D eigenvalue weighted by Gasteiger charge is 2.31. The van der Waals surface area contributed by atoms with Crippen molar-refractivity contribution >= 4 is 21.7 Å². The largest absolute Gasteiger partial charge is 0.416 e. The zero-order chi connectivity index (χ0) is 13.2. The Balaban J connectivity index is 3.23. The topological polar surface area (TPSA) is 17.1 Å². The molecular weight excluding hydrogens is 297 g/mol. The number of rotatable bonds is 3. The number of carbonyl (C=O) groups excluding carboxylic acids is 1. The fraction of sp³-hybridized carbons (Fsp3) is 0.417. The van der Waals surface area contributed by atoms with E-state index in [1.165, 1.54) is 13.0 Å². The van der Waals surface area contributed by atoms with Crippen LogP contribution < -0.4 is 0 Å². The Hall–Kier alpha value is -0.840. The maximum atomic E-state index is 12.5. The van der Waals surface area contributed by atoms with Gasteiger partial charge in [-0.05, 0) is 36.6 Å². The van der Waals surface area contributed by atoms with Crippen LogP contribution in [0, 0.1) is 0 Å². The average Bonchev–Trinajstić information content (AvgIpc) is 2.25. The molecule has 0 N–H and O–H groups in total. The van der Waals surface area contributed by atoms with Crippen LogP contribution in [-0.4, -0.2) is 5.78 Å². The lowest BCUT2D eigenvalue weighted by Gasteiger charge is -2.15. The van der Waals surface area contributed by atoms with E-state index < -0.39 is 16.6 Å². The minimum absolute atomic E-state index is 0.126. The highest BCUT2D eigenvalue weighted by Crippen LogP contribution is 2.34. The Morgan fingerprint density at radius 3 is 2.41 bits per heavy atom. The minimum Gasteiger partial charge on any atom is -0.298 e. The fourth-order valence-electron chi connectivity index (χ4n) is 1.55. The number of benzene rings is 1. The van der Waals surface area contributed by atoms with E-state index in [9.17, 15) is 18.0 Å². The van der Waals surface area contributed by atoms with Crippen LogP contribution in [0.2, 0.25) is 0 Å². The summed E-state index contributed by atoms with van der Waals surface area (Å²) in [5, 5.41) is 0. The van der Waals surface area contributed by atoms with E-state index in [1.807, 2.05) is 0 Å². The van der Waals surface area contributed by atoms with Gasteiger partial charge in [0.15, 0.2) is 0 Å². The first-order valence-electron chi connectivity index (χ1n) is 5.12. The Bertz CT molecular complexity index is 426. The van der Waals surface area contributed by atoms with E-state index in [0.717, 1.165) is 12.1 Å². The SMILES string of the molecule is CCc1cc(C(F)(F)F)ccc1C(Br)C(C)=O. The molecule has 0 aliphatic carbocycles. The van der Waals surface area contributed by atoms with Crippen LogP contribution >= 0.6 is 15.9 Å². The molecule has 0 radical (unpaired) electrons. The fourth-order valence-corrected chi connectivity index (χ4v) is 2.00. The lowest BCUT2D eigenvalue weighted by molar-refractivity contribution is -0.137. The molecule has 1 rings (SSSR count). The van der Waals surface area contributed by atoms with Crippen molar-refractivity contribution in [1.29, 1.82) is 0 Å². The monoisotopic (exact) mass is 308 g/mol. The summed E-state index contributed by atoms with van der Waals surface area (Å²) in [5.74, 6) is -0.126. The van der Waals surface area contributed by atoms with Crippen LogP contribution in [0.1, 0.15) is 35.4 Å². The molecule has 0 aliphatic rings. The van der Waals surface area contributed by atoms with Crippen LogP contribution in [0.4, 0.5) is 13.2 Å². The molecule has 1 aromatic rings. The molecule has 1 nitrogen and oxygen atoms in total. The third kappa shape index (κ3) is 3.31. The van der Waals surface area contributed by atoms with Crippen LogP contribution in [0.15, 0.2) is 18.2 Å². The maximum absolute atomic E-state index is 12.5. The first kappa shape index (κ1) is 14.2. The van der Waals surface area contributed by atoms with Gasteiger partial charge in [-0.3, -0.25) is 4.79 Å². The van der Waals surface area contributed by atoms with Gasteiger partial charge in [0, 0.05) is 0 Å². The standard InChI is InChI=1S/C12H12BrF3O/c1-3-8-6-9(12(14,15)16)4-5-10(8)11(13)7(2)17/h4-6,11H,3H2,1-2H3. The predicted molar refractivity (Wildman–Crippen MR) is 63.2 cm³/mol. The Morgan fingerprint density at radius 2 is 2.00 bits per heavy atom. The second-order valence-corrected chi connectivity index (χ2v) is 4.65. The predicted octanol–water partition coefficient (Wildman–Crippen LogP) is 4.29. The van der Waals surface area contributed by atoms with Crippen molar-refractivity contribution < 1.29 is 18.0 Å². The van der Waals surface area contributed by atoms with Gasteiger partial charge in [0.25, 0.3) is 0 Å². The van der Waals surface area contributed by atoms with Crippen LogP contribution in [0.25, 0.3) is 0 Å². The third-order valence-electron chi connectivity index (χ3n) is 2.48. The van der Waals surface area contributed by atoms with Gasteiger partial charge in [0.1, 0.15) is 5.78 Å². The molecule has 0 saturated carbocycles. The molecule has 0 saturated heterocycles. The summed E-state index contributed by atoms with van der Waals surface area (Å²) >= 11 is 3.19. The Kier molecular flexibility index (Phi) is 4.36. The van der Waals surface area contributed by atoms with Crippen molar-refractivity contribution in [2.24, 2.45) is 0 Å². The van der Waals surface area contributed by atoms with Gasteiger partial charge in [0.05, 0.1) is 10.4 Å². The number of carbonyl (C=O) groups is 1. The zero-order valence-electron chi connectivity index (χ0n) is 9.44. The summed E-state index contributed by atoms with van der Waals surface area (Å²) in [6.07, 6.45) is -3.89. The Labute approximate surface area is 106 Å². The summed E-state index contributed by atoms with van der Waals surface area (Å²) in [4.78, 5) is 10.7. The van der Waals surface area contributed by atoms with Gasteiger partial charge in [-0.1, -0.05) is 28.9 Å². The highest BCUT2D eigenvalue weighted by molar-refractivity contribution is 9.09. The van der Waals surface area contributed by atoms with Gasteiger partial charge in [-0.15, -0.1) is 0 Å². The van der Waals surface area contributed by atoms with Crippen molar-refractivity contribution in [2.45, 2.75) is 31.3 Å². The molecule has 1 aromatic carbocycles. The van der Waals surface area contributed by atoms with Crippen molar-refractivity contribution in [3.8, 4) is 0 Å². The maximum Gasteiger partial charge on any atom is 0.416 e. The summed E-state index contributed by atoms with van der Waals surface area (Å²) in [6, 6.07) is 3.47. The van der Waals surface area contributed by atoms with Crippen molar-refractivity contribution in [3.63, 3.8) is 0 Å². The number of hydrogen-bond donors (Lipinski definition) is 0. The summed E-state index contributed by atoms with van der Waals surface area (Å²) < 4.78 is 37.6. The Morgan fingerprint density at radius 1 is 1.41 bits per heavy atom. The van der Waals surface area contributed by atoms with E-state index in [4.69, 9.17) is 0 Å². The molecule has 0 heterocycles. The number of Topliss-reactive ketones (excluding diaryl/α,β-unsaturated/α-hetero) is 1. The van der Waals surface area contributed by atoms with Gasteiger partial charge in [-0.2, -0.15) is 13.2 Å². The second kappa shape index (κ2) is 5.21. The lowest BCUT2D eigenvalue weighted by Crippen LogP contribution is -2.09. The number of aryl methyl sites for hydroxylation is 1. The first-order chi connectivity index (χ1) is 7.77. The average molecular weight is 309 g/mol. The number of halogens is 4. The normalized spacial score (nSPS) is 13.5. The smallest absolute Gasteiger partial charge is 0.298 e. The van der Waals surface area contributed by atoms with E-state index >= 15 is 0 Å². The van der Waals surface area contributed by atoms with Crippen LogP contribution in [0.3, 0.4) is 0 Å². The van der Waals surface area contributed by atoms with Crippen molar-refractivity contribution in [1.82, 2.24) is 0 Å². The summed E-state index contributed by atoms with van der Waals surface area (Å²) in [5.41, 5.74) is 0.464.